The molecular weight excluding hydrogens is 431 g/mol. The smallest absolute Gasteiger partial charge is 0.303 e. The molecule has 0 amide bonds. The Hall–Kier alpha value is -1.76. The second kappa shape index (κ2) is 12.2. The SMILES string of the molecule is CC(=O)OCc1cc(Cl)cc(OC[C@@H]2[C@@H](C/C=C\CCCC(=O)O)[C@@H](Cl)C[C@H]2O)c1. The van der Waals surface area contributed by atoms with Crippen LogP contribution in [0.1, 0.15) is 44.6 Å². The third-order valence-electron chi connectivity index (χ3n) is 5.13. The van der Waals surface area contributed by atoms with E-state index in [1.165, 1.54) is 6.92 Å². The van der Waals surface area contributed by atoms with Crippen LogP contribution >= 0.6 is 23.2 Å². The van der Waals surface area contributed by atoms with Crippen molar-refractivity contribution in [2.24, 2.45) is 11.8 Å². The monoisotopic (exact) mass is 458 g/mol. The molecule has 0 unspecified atom stereocenters. The number of halogens is 2. The van der Waals surface area contributed by atoms with Gasteiger partial charge in [0.2, 0.25) is 0 Å². The Morgan fingerprint density at radius 3 is 2.70 bits per heavy atom. The molecule has 4 atom stereocenters. The van der Waals surface area contributed by atoms with Gasteiger partial charge in [-0.3, -0.25) is 9.59 Å². The van der Waals surface area contributed by atoms with Crippen molar-refractivity contribution in [2.75, 3.05) is 6.61 Å². The second-order valence-corrected chi connectivity index (χ2v) is 8.52. The zero-order valence-electron chi connectivity index (χ0n) is 16.9. The van der Waals surface area contributed by atoms with Crippen LogP contribution in [-0.2, 0) is 20.9 Å². The van der Waals surface area contributed by atoms with E-state index in [0.29, 0.717) is 36.5 Å². The molecule has 0 saturated heterocycles. The summed E-state index contributed by atoms with van der Waals surface area (Å²) in [4.78, 5) is 21.6. The van der Waals surface area contributed by atoms with Gasteiger partial charge in [-0.2, -0.15) is 0 Å². The molecule has 1 fully saturated rings. The van der Waals surface area contributed by atoms with Crippen molar-refractivity contribution in [3.63, 3.8) is 0 Å². The number of carboxylic acid groups (broad SMARTS) is 1. The molecule has 8 heteroatoms. The Labute approximate surface area is 186 Å². The Kier molecular flexibility index (Phi) is 9.95. The van der Waals surface area contributed by atoms with E-state index in [1.807, 2.05) is 12.2 Å². The normalized spacial score (nSPS) is 23.6. The van der Waals surface area contributed by atoms with Crippen LogP contribution in [0.3, 0.4) is 0 Å². The predicted molar refractivity (Wildman–Crippen MR) is 115 cm³/mol. The van der Waals surface area contributed by atoms with Gasteiger partial charge in [-0.1, -0.05) is 23.8 Å². The quantitative estimate of drug-likeness (QED) is 0.218. The van der Waals surface area contributed by atoms with Crippen molar-refractivity contribution < 1.29 is 29.3 Å². The molecule has 1 aromatic rings. The zero-order valence-corrected chi connectivity index (χ0v) is 18.4. The average Bonchev–Trinajstić information content (AvgIpc) is 2.93. The van der Waals surface area contributed by atoms with E-state index in [4.69, 9.17) is 37.8 Å². The van der Waals surface area contributed by atoms with E-state index >= 15 is 0 Å². The maximum atomic E-state index is 11.0. The fraction of sp³-hybridized carbons (Fsp3) is 0.545. The minimum Gasteiger partial charge on any atom is -0.493 e. The number of benzene rings is 1. The Morgan fingerprint density at radius 1 is 1.23 bits per heavy atom. The number of ether oxygens (including phenoxy) is 2. The lowest BCUT2D eigenvalue weighted by Gasteiger charge is -2.23. The number of alkyl halides is 1. The Bertz CT molecular complexity index is 751. The number of esters is 1. The van der Waals surface area contributed by atoms with Gasteiger partial charge in [0, 0.05) is 29.7 Å². The zero-order chi connectivity index (χ0) is 22.1. The second-order valence-electron chi connectivity index (χ2n) is 7.53. The third-order valence-corrected chi connectivity index (χ3v) is 5.85. The van der Waals surface area contributed by atoms with Gasteiger partial charge < -0.3 is 19.7 Å². The van der Waals surface area contributed by atoms with Crippen molar-refractivity contribution in [2.45, 2.75) is 57.1 Å². The minimum absolute atomic E-state index is 0.0529. The molecule has 2 rings (SSSR count). The highest BCUT2D eigenvalue weighted by Gasteiger charge is 2.41. The first-order valence-corrected chi connectivity index (χ1v) is 10.8. The van der Waals surface area contributed by atoms with Crippen molar-refractivity contribution in [3.8, 4) is 5.75 Å². The molecule has 0 spiro atoms. The molecule has 0 aliphatic heterocycles. The van der Waals surface area contributed by atoms with Gasteiger partial charge >= 0.3 is 11.9 Å². The van der Waals surface area contributed by atoms with Gasteiger partial charge in [0.1, 0.15) is 12.4 Å². The van der Waals surface area contributed by atoms with Crippen molar-refractivity contribution in [3.05, 3.63) is 40.9 Å². The maximum absolute atomic E-state index is 11.0. The first kappa shape index (κ1) is 24.5. The molecule has 0 aromatic heterocycles. The van der Waals surface area contributed by atoms with Crippen LogP contribution in [0, 0.1) is 11.8 Å². The highest BCUT2D eigenvalue weighted by Crippen LogP contribution is 2.39. The molecule has 1 aliphatic carbocycles. The highest BCUT2D eigenvalue weighted by molar-refractivity contribution is 6.30. The highest BCUT2D eigenvalue weighted by atomic mass is 35.5. The van der Waals surface area contributed by atoms with Crippen LogP contribution < -0.4 is 4.74 Å². The number of carbonyl (C=O) groups is 2. The van der Waals surface area contributed by atoms with Crippen LogP contribution in [0.2, 0.25) is 5.02 Å². The number of aliphatic hydroxyl groups is 1. The molecule has 1 aliphatic rings. The van der Waals surface area contributed by atoms with E-state index in [2.05, 4.69) is 0 Å². The molecule has 1 saturated carbocycles. The summed E-state index contributed by atoms with van der Waals surface area (Å²) < 4.78 is 10.9. The number of carboxylic acids is 1. The summed E-state index contributed by atoms with van der Waals surface area (Å²) in [5.41, 5.74) is 0.718. The summed E-state index contributed by atoms with van der Waals surface area (Å²) in [7, 11) is 0. The Balaban J connectivity index is 1.92. The predicted octanol–water partition coefficient (Wildman–Crippen LogP) is 4.59. The van der Waals surface area contributed by atoms with E-state index in [9.17, 15) is 14.7 Å². The van der Waals surface area contributed by atoms with Gasteiger partial charge in [0.05, 0.1) is 12.7 Å². The van der Waals surface area contributed by atoms with Gasteiger partial charge in [-0.15, -0.1) is 11.6 Å². The summed E-state index contributed by atoms with van der Waals surface area (Å²) in [6.07, 6.45) is 6.05. The first-order valence-electron chi connectivity index (χ1n) is 10.0. The molecule has 0 bridgehead atoms. The number of aliphatic carboxylic acids is 1. The molecule has 1 aromatic carbocycles. The van der Waals surface area contributed by atoms with Gasteiger partial charge in [-0.05, 0) is 55.4 Å². The number of unbranched alkanes of at least 4 members (excludes halogenated alkanes) is 1. The van der Waals surface area contributed by atoms with Crippen molar-refractivity contribution in [1.82, 2.24) is 0 Å². The van der Waals surface area contributed by atoms with Crippen LogP contribution in [0.15, 0.2) is 30.4 Å². The minimum atomic E-state index is -0.794. The third kappa shape index (κ3) is 8.17. The summed E-state index contributed by atoms with van der Waals surface area (Å²) in [5, 5.41) is 19.4. The molecule has 30 heavy (non-hydrogen) atoms. The van der Waals surface area contributed by atoms with Gasteiger partial charge in [-0.25, -0.2) is 0 Å². The lowest BCUT2D eigenvalue weighted by molar-refractivity contribution is -0.142. The van der Waals surface area contributed by atoms with Gasteiger partial charge in [0.25, 0.3) is 0 Å². The molecule has 0 radical (unpaired) electrons. The Morgan fingerprint density at radius 2 is 2.00 bits per heavy atom. The van der Waals surface area contributed by atoms with Crippen LogP contribution in [-0.4, -0.2) is 40.2 Å². The summed E-state index contributed by atoms with van der Waals surface area (Å²) in [6, 6.07) is 5.13. The first-order chi connectivity index (χ1) is 14.3. The maximum Gasteiger partial charge on any atom is 0.303 e. The summed E-state index contributed by atoms with van der Waals surface area (Å²) in [6.45, 7) is 1.74. The molecule has 2 N–H and O–H groups in total. The summed E-state index contributed by atoms with van der Waals surface area (Å²) in [5.74, 6) is -0.710. The van der Waals surface area contributed by atoms with Crippen LogP contribution in [0.5, 0.6) is 5.75 Å². The standard InChI is InChI=1S/C22H28Cl2O6/c1-14(25)29-12-15-8-16(23)10-17(9-15)30-13-19-18(20(24)11-21(19)26)6-4-2-3-5-7-22(27)28/h2,4,8-10,18-21,26H,3,5-7,11-13H2,1H3,(H,27,28)/b4-2-/t18-,19-,20+,21-/m1/s1. The number of hydrogen-bond acceptors (Lipinski definition) is 5. The number of hydrogen-bond donors (Lipinski definition) is 2. The number of rotatable bonds is 11. The fourth-order valence-electron chi connectivity index (χ4n) is 3.60. The van der Waals surface area contributed by atoms with E-state index < -0.39 is 12.1 Å². The van der Waals surface area contributed by atoms with Crippen molar-refractivity contribution >= 4 is 35.1 Å². The molecule has 0 heterocycles. The number of carbonyl (C=O) groups excluding carboxylic acids is 1. The van der Waals surface area contributed by atoms with E-state index in [-0.39, 0.29) is 42.8 Å². The van der Waals surface area contributed by atoms with Crippen LogP contribution in [0.25, 0.3) is 0 Å². The topological polar surface area (TPSA) is 93.1 Å². The number of allylic oxidation sites excluding steroid dienone is 2. The molecule has 166 valence electrons. The van der Waals surface area contributed by atoms with E-state index in [0.717, 1.165) is 5.56 Å². The number of aliphatic hydroxyl groups excluding tert-OH is 1. The van der Waals surface area contributed by atoms with Crippen LogP contribution in [0.4, 0.5) is 0 Å². The lowest BCUT2D eigenvalue weighted by atomic mass is 9.92. The lowest BCUT2D eigenvalue weighted by Crippen LogP contribution is -2.27. The molecular formula is C22H28Cl2O6. The molecule has 6 nitrogen and oxygen atoms in total. The van der Waals surface area contributed by atoms with Gasteiger partial charge in [0.15, 0.2) is 0 Å². The summed E-state index contributed by atoms with van der Waals surface area (Å²) >= 11 is 12.6. The van der Waals surface area contributed by atoms with E-state index in [1.54, 1.807) is 18.2 Å². The average molecular weight is 459 g/mol. The fourth-order valence-corrected chi connectivity index (χ4v) is 4.32. The largest absolute Gasteiger partial charge is 0.493 e. The van der Waals surface area contributed by atoms with Crippen molar-refractivity contribution in [1.29, 1.82) is 0 Å².